The molecule has 1 aliphatic rings. The predicted octanol–water partition coefficient (Wildman–Crippen LogP) is 6.16. The number of anilines is 2. The molecule has 1 N–H and O–H groups in total. The van der Waals surface area contributed by atoms with Crippen LogP contribution in [0.15, 0.2) is 66.9 Å². The minimum Gasteiger partial charge on any atom is -0.495 e. The van der Waals surface area contributed by atoms with E-state index >= 15 is 0 Å². The number of aryl methyl sites for hydroxylation is 2. The van der Waals surface area contributed by atoms with Gasteiger partial charge in [0.25, 0.3) is 11.8 Å². The molecule has 0 unspecified atom stereocenters. The zero-order chi connectivity index (χ0) is 33.5. The maximum Gasteiger partial charge on any atom is 0.258 e. The third kappa shape index (κ3) is 8.48. The Bertz CT molecular complexity index is 1750. The summed E-state index contributed by atoms with van der Waals surface area (Å²) in [7, 11) is 7.25. The smallest absolute Gasteiger partial charge is 0.258 e. The molecule has 0 spiro atoms. The maximum absolute atomic E-state index is 13.7. The van der Waals surface area contributed by atoms with Crippen molar-refractivity contribution in [2.75, 3.05) is 64.2 Å². The number of carbonyl (C=O) groups excluding carboxylic acids is 3. The normalized spacial score (nSPS) is 13.1. The number of amides is 3. The first-order chi connectivity index (χ1) is 22.7. The Morgan fingerprint density at radius 3 is 2.42 bits per heavy atom. The summed E-state index contributed by atoms with van der Waals surface area (Å²) >= 11 is 0. The lowest BCUT2D eigenvalue weighted by atomic mass is 10.1. The molecule has 4 aromatic rings. The first-order valence-corrected chi connectivity index (χ1v) is 16.2. The highest BCUT2D eigenvalue weighted by Crippen LogP contribution is 2.32. The number of hydrogen-bond acceptors (Lipinski definition) is 6. The lowest BCUT2D eigenvalue weighted by Gasteiger charge is -2.32. The van der Waals surface area contributed by atoms with Crippen molar-refractivity contribution in [3.05, 3.63) is 83.6 Å². The number of likely N-dealkylation sites (N-methyl/N-ethyl adjacent to an activating group) is 1. The largest absolute Gasteiger partial charge is 0.495 e. The number of aromatic nitrogens is 1. The number of unbranched alkanes of at least 4 members (excludes halogenated alkanes) is 2. The Labute approximate surface area is 289 Å². The third-order valence-electron chi connectivity index (χ3n) is 8.80. The van der Waals surface area contributed by atoms with E-state index in [1.165, 1.54) is 7.11 Å². The van der Waals surface area contributed by atoms with Crippen molar-refractivity contribution in [3.8, 4) is 11.5 Å². The second kappa shape index (κ2) is 16.5. The maximum atomic E-state index is 13.7. The van der Waals surface area contributed by atoms with Crippen molar-refractivity contribution in [3.63, 3.8) is 0 Å². The van der Waals surface area contributed by atoms with E-state index in [0.29, 0.717) is 47.0 Å². The van der Waals surface area contributed by atoms with Crippen LogP contribution in [-0.4, -0.2) is 86.1 Å². The first kappa shape index (κ1) is 36.3. The lowest BCUT2D eigenvalue weighted by molar-refractivity contribution is -0.132. The quantitative estimate of drug-likeness (QED) is 0.181. The second-order valence-electron chi connectivity index (χ2n) is 12.2. The molecule has 10 nitrogen and oxygen atoms in total. The fourth-order valence-electron chi connectivity index (χ4n) is 5.89. The highest BCUT2D eigenvalue weighted by molar-refractivity contribution is 6.13. The van der Waals surface area contributed by atoms with Gasteiger partial charge in [0.05, 0.1) is 25.1 Å². The zero-order valence-corrected chi connectivity index (χ0v) is 29.3. The number of rotatable bonds is 12. The molecule has 3 aromatic carbocycles. The van der Waals surface area contributed by atoms with Gasteiger partial charge < -0.3 is 34.1 Å². The SMILES string of the molecule is COc1cc(C(=O)N(C)c2ccc(C)cc2OCCCCCC(=O)N2CCN(C)CC2)ccc1NC(=O)c1cccc2c1ccn2C.Cl. The molecule has 11 heteroatoms. The number of hydrogen-bond donors (Lipinski definition) is 1. The van der Waals surface area contributed by atoms with E-state index in [0.717, 1.165) is 61.9 Å². The van der Waals surface area contributed by atoms with Crippen molar-refractivity contribution in [1.29, 1.82) is 0 Å². The summed E-state index contributed by atoms with van der Waals surface area (Å²) in [4.78, 5) is 45.2. The highest BCUT2D eigenvalue weighted by Gasteiger charge is 2.21. The summed E-state index contributed by atoms with van der Waals surface area (Å²) in [6.07, 6.45) is 5.01. The van der Waals surface area contributed by atoms with Gasteiger partial charge in [-0.15, -0.1) is 12.4 Å². The van der Waals surface area contributed by atoms with Crippen LogP contribution in [0.3, 0.4) is 0 Å². The molecular weight excluding hydrogens is 630 g/mol. The molecule has 3 amide bonds. The summed E-state index contributed by atoms with van der Waals surface area (Å²) in [5.74, 6) is 0.729. The van der Waals surface area contributed by atoms with Gasteiger partial charge in [-0.05, 0) is 87.3 Å². The number of halogens is 1. The Morgan fingerprint density at radius 1 is 0.896 bits per heavy atom. The van der Waals surface area contributed by atoms with Gasteiger partial charge in [0, 0.05) is 74.9 Å². The number of carbonyl (C=O) groups is 3. The van der Waals surface area contributed by atoms with Gasteiger partial charge in [0.15, 0.2) is 0 Å². The number of ether oxygens (including phenoxy) is 2. The Kier molecular flexibility index (Phi) is 12.5. The van der Waals surface area contributed by atoms with E-state index in [2.05, 4.69) is 17.3 Å². The van der Waals surface area contributed by atoms with Crippen LogP contribution in [-0.2, 0) is 11.8 Å². The topological polar surface area (TPSA) is 96.3 Å². The summed E-state index contributed by atoms with van der Waals surface area (Å²) in [5.41, 5.74) is 4.06. The van der Waals surface area contributed by atoms with Crippen LogP contribution in [0, 0.1) is 6.92 Å². The minimum absolute atomic E-state index is 0. The first-order valence-electron chi connectivity index (χ1n) is 16.2. The molecular formula is C37H46ClN5O5. The average Bonchev–Trinajstić information content (AvgIpc) is 3.46. The van der Waals surface area contributed by atoms with Crippen molar-refractivity contribution >= 4 is 52.4 Å². The van der Waals surface area contributed by atoms with Gasteiger partial charge in [0.2, 0.25) is 5.91 Å². The van der Waals surface area contributed by atoms with Crippen LogP contribution in [0.5, 0.6) is 11.5 Å². The van der Waals surface area contributed by atoms with E-state index in [4.69, 9.17) is 9.47 Å². The van der Waals surface area contributed by atoms with Gasteiger partial charge in [-0.2, -0.15) is 0 Å². The minimum atomic E-state index is -0.264. The van der Waals surface area contributed by atoms with Gasteiger partial charge in [-0.3, -0.25) is 14.4 Å². The number of methoxy groups -OCH3 is 1. The molecule has 1 aromatic heterocycles. The molecule has 5 rings (SSSR count). The molecule has 48 heavy (non-hydrogen) atoms. The number of nitrogens with zero attached hydrogens (tertiary/aromatic N) is 4. The number of nitrogens with one attached hydrogen (secondary N) is 1. The molecule has 2 heterocycles. The van der Waals surface area contributed by atoms with Crippen molar-refractivity contribution < 1.29 is 23.9 Å². The van der Waals surface area contributed by atoms with Crippen LogP contribution in [0.2, 0.25) is 0 Å². The molecule has 1 fully saturated rings. The van der Waals surface area contributed by atoms with Crippen LogP contribution in [0.1, 0.15) is 52.0 Å². The summed E-state index contributed by atoms with van der Waals surface area (Å²) < 4.78 is 13.7. The fraction of sp³-hybridized carbons (Fsp3) is 0.378. The summed E-state index contributed by atoms with van der Waals surface area (Å²) in [6, 6.07) is 18.3. The molecule has 0 bridgehead atoms. The van der Waals surface area contributed by atoms with Crippen molar-refractivity contribution in [2.45, 2.75) is 32.6 Å². The van der Waals surface area contributed by atoms with Crippen molar-refractivity contribution in [1.82, 2.24) is 14.4 Å². The van der Waals surface area contributed by atoms with E-state index in [1.807, 2.05) is 66.0 Å². The Morgan fingerprint density at radius 2 is 1.67 bits per heavy atom. The van der Waals surface area contributed by atoms with E-state index in [1.54, 1.807) is 36.2 Å². The molecule has 0 aliphatic carbocycles. The van der Waals surface area contributed by atoms with E-state index in [9.17, 15) is 14.4 Å². The number of piperazine rings is 1. The predicted molar refractivity (Wildman–Crippen MR) is 193 cm³/mol. The lowest BCUT2D eigenvalue weighted by Crippen LogP contribution is -2.47. The number of benzene rings is 3. The average molecular weight is 676 g/mol. The molecule has 1 saturated heterocycles. The fourth-order valence-corrected chi connectivity index (χ4v) is 5.89. The summed E-state index contributed by atoms with van der Waals surface area (Å²) in [5, 5.41) is 3.80. The molecule has 1 aliphatic heterocycles. The Hall–Kier alpha value is -4.54. The van der Waals surface area contributed by atoms with Gasteiger partial charge in [0.1, 0.15) is 11.5 Å². The zero-order valence-electron chi connectivity index (χ0n) is 28.5. The van der Waals surface area contributed by atoms with Gasteiger partial charge in [-0.1, -0.05) is 12.1 Å². The van der Waals surface area contributed by atoms with Crippen LogP contribution in [0.25, 0.3) is 10.9 Å². The molecule has 256 valence electrons. The highest BCUT2D eigenvalue weighted by atomic mass is 35.5. The summed E-state index contributed by atoms with van der Waals surface area (Å²) in [6.45, 7) is 5.94. The van der Waals surface area contributed by atoms with E-state index in [-0.39, 0.29) is 30.1 Å². The molecule has 0 atom stereocenters. The van der Waals surface area contributed by atoms with Crippen LogP contribution in [0.4, 0.5) is 11.4 Å². The monoisotopic (exact) mass is 675 g/mol. The standard InChI is InChI=1S/C37H45N5O5.ClH/c1-26-13-16-32(34(24-26)47-23-8-6-7-12-35(43)42-21-19-39(2)20-22-42)41(4)37(45)27-14-15-30(33(25-27)46-5)38-36(44)29-10-9-11-31-28(29)17-18-40(31)3;/h9-11,13-18,24-25H,6-8,12,19-23H2,1-5H3,(H,38,44);1H. The van der Waals surface area contributed by atoms with Crippen molar-refractivity contribution in [2.24, 2.45) is 7.05 Å². The van der Waals surface area contributed by atoms with Gasteiger partial charge in [-0.25, -0.2) is 0 Å². The Balaban J connectivity index is 0.00000520. The third-order valence-corrected chi connectivity index (χ3v) is 8.80. The number of fused-ring (bicyclic) bond motifs is 1. The van der Waals surface area contributed by atoms with E-state index < -0.39 is 0 Å². The molecule has 0 radical (unpaired) electrons. The van der Waals surface area contributed by atoms with Crippen LogP contribution >= 0.6 is 12.4 Å². The second-order valence-corrected chi connectivity index (χ2v) is 12.2. The van der Waals surface area contributed by atoms with Crippen LogP contribution < -0.4 is 19.7 Å². The van der Waals surface area contributed by atoms with Gasteiger partial charge >= 0.3 is 0 Å². The molecule has 0 saturated carbocycles.